The fourth-order valence-corrected chi connectivity index (χ4v) is 1.43. The largest absolute Gasteiger partial charge is 0.461 e. The van der Waals surface area contributed by atoms with Gasteiger partial charge in [0.05, 0.1) is 6.61 Å². The van der Waals surface area contributed by atoms with Gasteiger partial charge in [-0.1, -0.05) is 6.92 Å². The van der Waals surface area contributed by atoms with Gasteiger partial charge in [0.1, 0.15) is 10.6 Å². The molecule has 0 aromatic carbocycles. The van der Waals surface area contributed by atoms with Crippen LogP contribution in [0.15, 0.2) is 17.2 Å². The number of nitrogens with two attached hydrogens (primary N) is 1. The molecule has 0 aliphatic rings. The number of aromatic nitrogens is 1. The summed E-state index contributed by atoms with van der Waals surface area (Å²) in [7, 11) is -3.78. The summed E-state index contributed by atoms with van der Waals surface area (Å²) in [6.45, 7) is 2.15. The molecule has 1 aromatic rings. The van der Waals surface area contributed by atoms with Gasteiger partial charge in [-0.25, -0.2) is 18.4 Å². The van der Waals surface area contributed by atoms with Crippen LogP contribution >= 0.6 is 0 Å². The van der Waals surface area contributed by atoms with Gasteiger partial charge in [0.25, 0.3) is 0 Å². The van der Waals surface area contributed by atoms with E-state index < -0.39 is 16.0 Å². The highest BCUT2D eigenvalue weighted by molar-refractivity contribution is 7.89. The number of esters is 1. The van der Waals surface area contributed by atoms with Gasteiger partial charge in [-0.05, 0) is 12.5 Å². The minimum atomic E-state index is -3.78. The molecule has 0 radical (unpaired) electrons. The number of rotatable bonds is 4. The van der Waals surface area contributed by atoms with E-state index in [0.29, 0.717) is 13.0 Å². The molecule has 84 valence electrons. The van der Waals surface area contributed by atoms with Crippen molar-refractivity contribution in [3.8, 4) is 0 Å². The van der Waals surface area contributed by atoms with Crippen LogP contribution in [0.25, 0.3) is 0 Å². The fourth-order valence-electron chi connectivity index (χ4n) is 0.929. The van der Waals surface area contributed by atoms with E-state index in [9.17, 15) is 13.2 Å². The topological polar surface area (TPSA) is 102 Å². The summed E-state index contributed by atoms with van der Waals surface area (Å²) in [5.41, 5.74) is 0.0764. The molecule has 0 aliphatic carbocycles. The van der Waals surface area contributed by atoms with Crippen LogP contribution in [0.1, 0.15) is 23.8 Å². The molecule has 3 N–H and O–H groups in total. The third-order valence-corrected chi connectivity index (χ3v) is 2.54. The number of nitrogens with one attached hydrogen (secondary N) is 1. The Hall–Kier alpha value is -1.34. The predicted molar refractivity (Wildman–Crippen MR) is 52.7 cm³/mol. The lowest BCUT2D eigenvalue weighted by Crippen LogP contribution is -2.11. The van der Waals surface area contributed by atoms with Gasteiger partial charge in [-0.15, -0.1) is 0 Å². The maximum atomic E-state index is 11.3. The minimum Gasteiger partial charge on any atom is -0.461 e. The molecule has 0 unspecified atom stereocenters. The molecule has 0 amide bonds. The van der Waals surface area contributed by atoms with Gasteiger partial charge < -0.3 is 9.72 Å². The van der Waals surface area contributed by atoms with Crippen molar-refractivity contribution in [1.82, 2.24) is 4.98 Å². The van der Waals surface area contributed by atoms with E-state index in [2.05, 4.69) is 4.98 Å². The molecule has 1 rings (SSSR count). The average Bonchev–Trinajstić information content (AvgIpc) is 2.62. The van der Waals surface area contributed by atoms with Crippen LogP contribution < -0.4 is 5.14 Å². The van der Waals surface area contributed by atoms with Crippen LogP contribution in [-0.2, 0) is 14.8 Å². The molecule has 0 fully saturated rings. The van der Waals surface area contributed by atoms with E-state index in [1.54, 1.807) is 0 Å². The zero-order valence-corrected chi connectivity index (χ0v) is 9.00. The maximum absolute atomic E-state index is 11.3. The predicted octanol–water partition coefficient (Wildman–Crippen LogP) is 0.229. The first-order chi connectivity index (χ1) is 6.95. The number of primary sulfonamides is 1. The Kier molecular flexibility index (Phi) is 3.48. The first-order valence-corrected chi connectivity index (χ1v) is 5.88. The summed E-state index contributed by atoms with van der Waals surface area (Å²) < 4.78 is 26.6. The molecule has 1 aromatic heterocycles. The summed E-state index contributed by atoms with van der Waals surface area (Å²) in [5, 5.41) is 4.87. The van der Waals surface area contributed by atoms with Crippen molar-refractivity contribution in [3.05, 3.63) is 18.0 Å². The number of sulfonamides is 1. The number of hydrogen-bond acceptors (Lipinski definition) is 4. The second kappa shape index (κ2) is 4.45. The number of H-pyrrole nitrogens is 1. The number of carbonyl (C=O) groups is 1. The van der Waals surface area contributed by atoms with E-state index in [1.807, 2.05) is 6.92 Å². The molecule has 0 saturated heterocycles. The Morgan fingerprint density at radius 2 is 2.27 bits per heavy atom. The highest BCUT2D eigenvalue weighted by Crippen LogP contribution is 2.09. The summed E-state index contributed by atoms with van der Waals surface area (Å²) >= 11 is 0. The number of hydrogen-bond donors (Lipinski definition) is 2. The SMILES string of the molecule is CCCOC(=O)c1cc(S(N)(=O)=O)c[nH]1. The molecule has 15 heavy (non-hydrogen) atoms. The first-order valence-electron chi connectivity index (χ1n) is 4.33. The zero-order valence-electron chi connectivity index (χ0n) is 8.19. The van der Waals surface area contributed by atoms with Gasteiger partial charge in [0.2, 0.25) is 10.0 Å². The lowest BCUT2D eigenvalue weighted by atomic mass is 10.4. The van der Waals surface area contributed by atoms with E-state index >= 15 is 0 Å². The minimum absolute atomic E-state index is 0.0764. The molecular weight excluding hydrogens is 220 g/mol. The second-order valence-electron chi connectivity index (χ2n) is 2.93. The van der Waals surface area contributed by atoms with Crippen molar-refractivity contribution in [1.29, 1.82) is 0 Å². The molecule has 0 spiro atoms. The quantitative estimate of drug-likeness (QED) is 0.725. The molecule has 0 saturated carbocycles. The van der Waals surface area contributed by atoms with E-state index in [1.165, 1.54) is 0 Å². The van der Waals surface area contributed by atoms with E-state index in [4.69, 9.17) is 9.88 Å². The van der Waals surface area contributed by atoms with Crippen molar-refractivity contribution in [3.63, 3.8) is 0 Å². The second-order valence-corrected chi connectivity index (χ2v) is 4.49. The van der Waals surface area contributed by atoms with Gasteiger partial charge >= 0.3 is 5.97 Å². The molecule has 0 aliphatic heterocycles. The Morgan fingerprint density at radius 3 is 2.73 bits per heavy atom. The highest BCUT2D eigenvalue weighted by atomic mass is 32.2. The van der Waals surface area contributed by atoms with Crippen LogP contribution in [-0.4, -0.2) is 26.0 Å². The lowest BCUT2D eigenvalue weighted by molar-refractivity contribution is 0.0499. The van der Waals surface area contributed by atoms with Gasteiger partial charge in [-0.3, -0.25) is 0 Å². The third kappa shape index (κ3) is 3.07. The van der Waals surface area contributed by atoms with Crippen molar-refractivity contribution >= 4 is 16.0 Å². The van der Waals surface area contributed by atoms with Crippen LogP contribution in [0.5, 0.6) is 0 Å². The summed E-state index contributed by atoms with van der Waals surface area (Å²) in [6.07, 6.45) is 1.85. The van der Waals surface area contributed by atoms with Crippen molar-refractivity contribution in [2.45, 2.75) is 18.2 Å². The van der Waals surface area contributed by atoms with E-state index in [0.717, 1.165) is 12.3 Å². The van der Waals surface area contributed by atoms with Crippen molar-refractivity contribution in [2.75, 3.05) is 6.61 Å². The standard InChI is InChI=1S/C8H12N2O4S/c1-2-3-14-8(11)7-4-6(5-10-7)15(9,12)13/h4-5,10H,2-3H2,1H3,(H2,9,12,13). The summed E-state index contributed by atoms with van der Waals surface area (Å²) in [4.78, 5) is 13.6. The highest BCUT2D eigenvalue weighted by Gasteiger charge is 2.15. The molecule has 6 nitrogen and oxygen atoms in total. The van der Waals surface area contributed by atoms with Crippen molar-refractivity contribution < 1.29 is 17.9 Å². The van der Waals surface area contributed by atoms with Gasteiger partial charge in [0.15, 0.2) is 0 Å². The monoisotopic (exact) mass is 232 g/mol. The van der Waals surface area contributed by atoms with E-state index in [-0.39, 0.29) is 10.6 Å². The summed E-state index contributed by atoms with van der Waals surface area (Å²) in [5.74, 6) is -0.591. The molecule has 0 atom stereocenters. The average molecular weight is 232 g/mol. The fraction of sp³-hybridized carbons (Fsp3) is 0.375. The molecule has 7 heteroatoms. The Labute approximate surface area is 87.5 Å². The molecule has 0 bridgehead atoms. The van der Waals surface area contributed by atoms with Crippen LogP contribution in [0.4, 0.5) is 0 Å². The Balaban J connectivity index is 2.81. The number of ether oxygens (including phenoxy) is 1. The molecular formula is C8H12N2O4S. The van der Waals surface area contributed by atoms with Crippen LogP contribution in [0.3, 0.4) is 0 Å². The van der Waals surface area contributed by atoms with Crippen molar-refractivity contribution in [2.24, 2.45) is 5.14 Å². The third-order valence-electron chi connectivity index (χ3n) is 1.64. The number of aromatic amines is 1. The summed E-state index contributed by atoms with van der Waals surface area (Å²) in [6, 6.07) is 1.15. The smallest absolute Gasteiger partial charge is 0.354 e. The Bertz CT molecular complexity index is 449. The Morgan fingerprint density at radius 1 is 1.60 bits per heavy atom. The van der Waals surface area contributed by atoms with Gasteiger partial charge in [0, 0.05) is 6.20 Å². The lowest BCUT2D eigenvalue weighted by Gasteiger charge is -1.99. The first kappa shape index (κ1) is 11.7. The zero-order chi connectivity index (χ0) is 11.5. The normalized spacial score (nSPS) is 11.3. The molecule has 1 heterocycles. The maximum Gasteiger partial charge on any atom is 0.354 e. The van der Waals surface area contributed by atoms with Crippen LogP contribution in [0, 0.1) is 0 Å². The van der Waals surface area contributed by atoms with Gasteiger partial charge in [-0.2, -0.15) is 0 Å². The van der Waals surface area contributed by atoms with Crippen LogP contribution in [0.2, 0.25) is 0 Å². The number of carbonyl (C=O) groups excluding carboxylic acids is 1.